The van der Waals surface area contributed by atoms with Gasteiger partial charge in [0.1, 0.15) is 5.82 Å². The molecule has 3 heterocycles. The van der Waals surface area contributed by atoms with Crippen LogP contribution in [0.3, 0.4) is 0 Å². The molecule has 3 aromatic rings. The van der Waals surface area contributed by atoms with E-state index in [-0.39, 0.29) is 17.5 Å². The number of hydrogen-bond acceptors (Lipinski definition) is 7. The van der Waals surface area contributed by atoms with Crippen molar-refractivity contribution in [1.82, 2.24) is 19.8 Å². The van der Waals surface area contributed by atoms with E-state index in [0.717, 1.165) is 12.8 Å². The molecule has 2 aromatic heterocycles. The Morgan fingerprint density at radius 1 is 1.09 bits per heavy atom. The molecule has 1 amide bonds. The van der Waals surface area contributed by atoms with Crippen LogP contribution in [0.15, 0.2) is 36.4 Å². The maximum absolute atomic E-state index is 13.1. The van der Waals surface area contributed by atoms with Gasteiger partial charge in [-0.1, -0.05) is 13.3 Å². The number of benzene rings is 1. The molecule has 1 aliphatic heterocycles. The first kappa shape index (κ1) is 24.4. The minimum absolute atomic E-state index is 0.00980. The van der Waals surface area contributed by atoms with Gasteiger partial charge in [-0.05, 0) is 55.7 Å². The average Bonchev–Trinajstić information content (AvgIpc) is 3.29. The Hall–Kier alpha value is -3.70. The highest BCUT2D eigenvalue weighted by Crippen LogP contribution is 2.29. The number of ether oxygens (including phenoxy) is 1. The molecule has 12 heteroatoms. The number of fused-ring (bicyclic) bond motifs is 1. The molecule has 1 saturated heterocycles. The maximum atomic E-state index is 13.1. The third kappa shape index (κ3) is 5.69. The zero-order valence-corrected chi connectivity index (χ0v) is 19.1. The molecule has 1 N–H and O–H groups in total. The SMILES string of the molecule is CCCCOC(=O)c1ccc(NC(=O)C2CCN(c3ccc4nnc(C(F)(F)F)n4n3)CC2)cc1. The molecule has 4 rings (SSSR count). The van der Waals surface area contributed by atoms with E-state index in [0.29, 0.717) is 54.1 Å². The summed E-state index contributed by atoms with van der Waals surface area (Å²) in [6.45, 7) is 3.31. The number of carbonyl (C=O) groups is 2. The standard InChI is InChI=1S/C23H25F3N6O3/c1-2-3-14-35-21(34)16-4-6-17(7-5-16)27-20(33)15-10-12-31(13-11-15)19-9-8-18-28-29-22(23(24,25)26)32(18)30-19/h4-9,15H,2-3,10-14H2,1H3,(H,27,33). The molecule has 1 aromatic carbocycles. The number of esters is 1. The summed E-state index contributed by atoms with van der Waals surface area (Å²) < 4.78 is 45.2. The van der Waals surface area contributed by atoms with Crippen molar-refractivity contribution in [3.63, 3.8) is 0 Å². The topological polar surface area (TPSA) is 102 Å². The summed E-state index contributed by atoms with van der Waals surface area (Å²) >= 11 is 0. The maximum Gasteiger partial charge on any atom is 0.453 e. The van der Waals surface area contributed by atoms with E-state index < -0.39 is 18.0 Å². The second-order valence-electron chi connectivity index (χ2n) is 8.30. The van der Waals surface area contributed by atoms with Crippen LogP contribution in [0.4, 0.5) is 24.7 Å². The fourth-order valence-corrected chi connectivity index (χ4v) is 3.82. The fourth-order valence-electron chi connectivity index (χ4n) is 3.82. The molecule has 0 atom stereocenters. The normalized spacial score (nSPS) is 14.8. The fraction of sp³-hybridized carbons (Fsp3) is 0.435. The van der Waals surface area contributed by atoms with E-state index in [4.69, 9.17) is 4.74 Å². The van der Waals surface area contributed by atoms with Crippen molar-refractivity contribution in [3.8, 4) is 0 Å². The third-order valence-corrected chi connectivity index (χ3v) is 5.81. The number of halogens is 3. The number of unbranched alkanes of at least 4 members (excludes halogenated alkanes) is 1. The van der Waals surface area contributed by atoms with Crippen molar-refractivity contribution in [2.24, 2.45) is 5.92 Å². The monoisotopic (exact) mass is 490 g/mol. The van der Waals surface area contributed by atoms with Gasteiger partial charge >= 0.3 is 12.1 Å². The smallest absolute Gasteiger partial charge is 0.453 e. The van der Waals surface area contributed by atoms with Crippen molar-refractivity contribution >= 4 is 29.0 Å². The summed E-state index contributed by atoms with van der Waals surface area (Å²) in [5.74, 6) is -1.62. The lowest BCUT2D eigenvalue weighted by atomic mass is 9.95. The number of piperidine rings is 1. The lowest BCUT2D eigenvalue weighted by Gasteiger charge is -2.32. The number of anilines is 2. The molecule has 1 aliphatic rings. The summed E-state index contributed by atoms with van der Waals surface area (Å²) in [6, 6.07) is 9.55. The number of aromatic nitrogens is 4. The van der Waals surface area contributed by atoms with Gasteiger partial charge in [-0.15, -0.1) is 15.3 Å². The summed E-state index contributed by atoms with van der Waals surface area (Å²) in [5, 5.41) is 13.6. The first-order valence-corrected chi connectivity index (χ1v) is 11.4. The van der Waals surface area contributed by atoms with Gasteiger partial charge in [0, 0.05) is 24.7 Å². The van der Waals surface area contributed by atoms with Crippen LogP contribution in [0.5, 0.6) is 0 Å². The van der Waals surface area contributed by atoms with Crippen molar-refractivity contribution in [2.45, 2.75) is 38.8 Å². The number of alkyl halides is 3. The predicted octanol–water partition coefficient (Wildman–Crippen LogP) is 3.96. The van der Waals surface area contributed by atoms with Gasteiger partial charge < -0.3 is 15.0 Å². The van der Waals surface area contributed by atoms with Gasteiger partial charge in [0.05, 0.1) is 12.2 Å². The van der Waals surface area contributed by atoms with Crippen LogP contribution in [0.1, 0.15) is 48.8 Å². The number of hydrogen-bond donors (Lipinski definition) is 1. The van der Waals surface area contributed by atoms with E-state index in [1.807, 2.05) is 11.8 Å². The molecule has 186 valence electrons. The highest BCUT2D eigenvalue weighted by molar-refractivity contribution is 5.94. The molecular formula is C23H25F3N6O3. The minimum Gasteiger partial charge on any atom is -0.462 e. The number of nitrogens with one attached hydrogen (secondary N) is 1. The Morgan fingerprint density at radius 2 is 1.80 bits per heavy atom. The van der Waals surface area contributed by atoms with E-state index in [9.17, 15) is 22.8 Å². The molecule has 9 nitrogen and oxygen atoms in total. The molecule has 35 heavy (non-hydrogen) atoms. The molecular weight excluding hydrogens is 465 g/mol. The Bertz CT molecular complexity index is 1190. The van der Waals surface area contributed by atoms with E-state index >= 15 is 0 Å². The van der Waals surface area contributed by atoms with Crippen LogP contribution in [0, 0.1) is 5.92 Å². The Labute approximate surface area is 199 Å². The number of nitrogens with zero attached hydrogens (tertiary/aromatic N) is 5. The number of carbonyl (C=O) groups excluding carboxylic acids is 2. The van der Waals surface area contributed by atoms with E-state index in [1.165, 1.54) is 6.07 Å². The second-order valence-corrected chi connectivity index (χ2v) is 8.30. The van der Waals surface area contributed by atoms with Crippen molar-refractivity contribution in [3.05, 3.63) is 47.8 Å². The van der Waals surface area contributed by atoms with E-state index in [1.54, 1.807) is 30.3 Å². The zero-order chi connectivity index (χ0) is 25.0. The Kier molecular flexibility index (Phi) is 7.17. The summed E-state index contributed by atoms with van der Waals surface area (Å²) in [5.41, 5.74) is 0.996. The van der Waals surface area contributed by atoms with Gasteiger partial charge in [-0.25, -0.2) is 4.79 Å². The number of rotatable bonds is 7. The van der Waals surface area contributed by atoms with Crippen LogP contribution < -0.4 is 10.2 Å². The molecule has 0 aliphatic carbocycles. The lowest BCUT2D eigenvalue weighted by molar-refractivity contribution is -0.146. The predicted molar refractivity (Wildman–Crippen MR) is 121 cm³/mol. The van der Waals surface area contributed by atoms with Crippen molar-refractivity contribution in [2.75, 3.05) is 29.9 Å². The quantitative estimate of drug-likeness (QED) is 0.395. The van der Waals surface area contributed by atoms with Gasteiger partial charge in [0.2, 0.25) is 5.91 Å². The molecule has 1 fully saturated rings. The van der Waals surface area contributed by atoms with Gasteiger partial charge in [-0.2, -0.15) is 17.7 Å². The summed E-state index contributed by atoms with van der Waals surface area (Å²) in [7, 11) is 0. The van der Waals surface area contributed by atoms with Crippen LogP contribution in [0.2, 0.25) is 0 Å². The Morgan fingerprint density at radius 3 is 2.46 bits per heavy atom. The van der Waals surface area contributed by atoms with Crippen molar-refractivity contribution < 1.29 is 27.5 Å². The summed E-state index contributed by atoms with van der Waals surface area (Å²) in [4.78, 5) is 26.5. The average molecular weight is 490 g/mol. The summed E-state index contributed by atoms with van der Waals surface area (Å²) in [6.07, 6.45) is -1.89. The highest BCUT2D eigenvalue weighted by atomic mass is 19.4. The first-order valence-electron chi connectivity index (χ1n) is 11.4. The van der Waals surface area contributed by atoms with Crippen LogP contribution >= 0.6 is 0 Å². The zero-order valence-electron chi connectivity index (χ0n) is 19.1. The third-order valence-electron chi connectivity index (χ3n) is 5.81. The Balaban J connectivity index is 1.32. The second kappa shape index (κ2) is 10.3. The van der Waals surface area contributed by atoms with Gasteiger partial charge in [-0.3, -0.25) is 4.79 Å². The van der Waals surface area contributed by atoms with Gasteiger partial charge in [0.15, 0.2) is 5.65 Å². The molecule has 0 radical (unpaired) electrons. The van der Waals surface area contributed by atoms with Crippen LogP contribution in [-0.2, 0) is 15.7 Å². The first-order chi connectivity index (χ1) is 16.8. The van der Waals surface area contributed by atoms with Crippen molar-refractivity contribution in [1.29, 1.82) is 0 Å². The molecule has 0 unspecified atom stereocenters. The minimum atomic E-state index is -4.66. The van der Waals surface area contributed by atoms with Crippen LogP contribution in [-0.4, -0.2) is 51.4 Å². The largest absolute Gasteiger partial charge is 0.462 e. The van der Waals surface area contributed by atoms with E-state index in [2.05, 4.69) is 20.6 Å². The molecule has 0 saturated carbocycles. The van der Waals surface area contributed by atoms with Gasteiger partial charge in [0.25, 0.3) is 5.82 Å². The van der Waals surface area contributed by atoms with Crippen LogP contribution in [0.25, 0.3) is 5.65 Å². The molecule has 0 bridgehead atoms. The number of amides is 1. The lowest BCUT2D eigenvalue weighted by Crippen LogP contribution is -2.38. The highest BCUT2D eigenvalue weighted by Gasteiger charge is 2.38. The molecule has 0 spiro atoms.